The van der Waals surface area contributed by atoms with Gasteiger partial charge in [-0.05, 0) is 83.7 Å². The first kappa shape index (κ1) is 24.8. The molecule has 1 aliphatic heterocycles. The van der Waals surface area contributed by atoms with Crippen molar-refractivity contribution in [3.05, 3.63) is 93.4 Å². The highest BCUT2D eigenvalue weighted by Crippen LogP contribution is 2.34. The van der Waals surface area contributed by atoms with E-state index in [9.17, 15) is 4.79 Å². The second kappa shape index (κ2) is 11.4. The lowest BCUT2D eigenvalue weighted by Crippen LogP contribution is -2.46. The minimum atomic E-state index is -0.0360. The number of nitrogens with zero attached hydrogens (tertiary/aromatic N) is 2. The van der Waals surface area contributed by atoms with Gasteiger partial charge in [-0.3, -0.25) is 9.69 Å². The molecule has 34 heavy (non-hydrogen) atoms. The van der Waals surface area contributed by atoms with Crippen LogP contribution >= 0.6 is 27.5 Å². The molecule has 4 nitrogen and oxygen atoms in total. The second-order valence-corrected chi connectivity index (χ2v) is 10.2. The second-order valence-electron chi connectivity index (χ2n) is 8.89. The fraction of sp³-hybridized carbons (Fsp3) is 0.321. The highest BCUT2D eigenvalue weighted by molar-refractivity contribution is 9.10. The van der Waals surface area contributed by atoms with E-state index in [1.165, 1.54) is 5.56 Å². The van der Waals surface area contributed by atoms with Gasteiger partial charge in [0.1, 0.15) is 5.75 Å². The normalized spacial score (nSPS) is 18.5. The van der Waals surface area contributed by atoms with Crippen molar-refractivity contribution in [2.75, 3.05) is 18.6 Å². The lowest BCUT2D eigenvalue weighted by Gasteiger charge is -2.39. The molecule has 0 aliphatic carbocycles. The van der Waals surface area contributed by atoms with Crippen molar-refractivity contribution >= 4 is 39.1 Å². The summed E-state index contributed by atoms with van der Waals surface area (Å²) in [4.78, 5) is 18.3. The van der Waals surface area contributed by atoms with Crippen molar-refractivity contribution in [3.8, 4) is 5.75 Å². The van der Waals surface area contributed by atoms with Crippen LogP contribution in [-0.2, 0) is 17.9 Å². The molecule has 0 spiro atoms. The Morgan fingerprint density at radius 2 is 1.82 bits per heavy atom. The molecule has 3 aromatic rings. The number of halogens is 2. The number of hydrogen-bond donors (Lipinski definition) is 0. The summed E-state index contributed by atoms with van der Waals surface area (Å²) >= 11 is 9.97. The summed E-state index contributed by atoms with van der Waals surface area (Å²) in [5.74, 6) is 0.904. The van der Waals surface area contributed by atoms with E-state index in [-0.39, 0.29) is 11.8 Å². The highest BCUT2D eigenvalue weighted by atomic mass is 79.9. The topological polar surface area (TPSA) is 32.8 Å². The van der Waals surface area contributed by atoms with Crippen LogP contribution in [0.5, 0.6) is 5.75 Å². The van der Waals surface area contributed by atoms with E-state index < -0.39 is 0 Å². The summed E-state index contributed by atoms with van der Waals surface area (Å²) in [6, 6.07) is 24.3. The van der Waals surface area contributed by atoms with E-state index in [1.54, 1.807) is 7.11 Å². The molecule has 0 N–H and O–H groups in total. The maximum absolute atomic E-state index is 13.9. The molecule has 6 heteroatoms. The van der Waals surface area contributed by atoms with Gasteiger partial charge in [0.25, 0.3) is 0 Å². The monoisotopic (exact) mass is 540 g/mol. The Morgan fingerprint density at radius 1 is 1.09 bits per heavy atom. The van der Waals surface area contributed by atoms with Crippen molar-refractivity contribution in [2.45, 2.75) is 38.9 Å². The van der Waals surface area contributed by atoms with Crippen molar-refractivity contribution in [1.82, 2.24) is 4.90 Å². The van der Waals surface area contributed by atoms with Crippen molar-refractivity contribution in [1.29, 1.82) is 0 Å². The van der Waals surface area contributed by atoms with E-state index in [2.05, 4.69) is 52.0 Å². The standard InChI is InChI=1S/C28H30BrClN2O2/c1-20-16-23(14-15-31(20)18-21-6-4-3-5-7-21)28(33)32(27-17-24(30)10-13-26(27)29)19-22-8-11-25(34-2)12-9-22/h3-13,17,20,23H,14-16,18-19H2,1-2H3/t20-,23?/m0/s1. The van der Waals surface area contributed by atoms with Gasteiger partial charge in [-0.25, -0.2) is 0 Å². The van der Waals surface area contributed by atoms with Crippen LogP contribution in [0, 0.1) is 5.92 Å². The van der Waals surface area contributed by atoms with Gasteiger partial charge >= 0.3 is 0 Å². The Hall–Kier alpha value is -2.34. The highest BCUT2D eigenvalue weighted by Gasteiger charge is 2.33. The van der Waals surface area contributed by atoms with Gasteiger partial charge in [0.05, 0.1) is 19.3 Å². The molecule has 2 atom stereocenters. The quantitative estimate of drug-likeness (QED) is 0.325. The van der Waals surface area contributed by atoms with Crippen LogP contribution in [-0.4, -0.2) is 30.5 Å². The molecular formula is C28H30BrClN2O2. The van der Waals surface area contributed by atoms with E-state index >= 15 is 0 Å². The summed E-state index contributed by atoms with van der Waals surface area (Å²) in [7, 11) is 1.65. The lowest BCUT2D eigenvalue weighted by atomic mass is 9.89. The zero-order valence-electron chi connectivity index (χ0n) is 19.6. The van der Waals surface area contributed by atoms with Gasteiger partial charge in [0, 0.05) is 28.0 Å². The molecule has 0 saturated carbocycles. The molecule has 1 amide bonds. The number of anilines is 1. The van der Waals surface area contributed by atoms with Crippen LogP contribution in [0.3, 0.4) is 0 Å². The molecule has 4 rings (SSSR count). The van der Waals surface area contributed by atoms with Crippen LogP contribution in [0.2, 0.25) is 5.02 Å². The number of benzene rings is 3. The van der Waals surface area contributed by atoms with Gasteiger partial charge in [-0.15, -0.1) is 0 Å². The number of piperidine rings is 1. The van der Waals surface area contributed by atoms with Crippen molar-refractivity contribution in [2.24, 2.45) is 5.92 Å². The zero-order chi connectivity index (χ0) is 24.1. The van der Waals surface area contributed by atoms with Gasteiger partial charge in [0.2, 0.25) is 5.91 Å². The first-order chi connectivity index (χ1) is 16.4. The molecule has 1 fully saturated rings. The molecule has 3 aromatic carbocycles. The lowest BCUT2D eigenvalue weighted by molar-refractivity contribution is -0.124. The SMILES string of the molecule is COc1ccc(CN(C(=O)C2CCN(Cc3ccccc3)[C@@H](C)C2)c2cc(Cl)ccc2Br)cc1. The Balaban J connectivity index is 1.53. The van der Waals surface area contributed by atoms with E-state index in [0.29, 0.717) is 17.6 Å². The summed E-state index contributed by atoms with van der Waals surface area (Å²) in [6.07, 6.45) is 1.68. The van der Waals surface area contributed by atoms with E-state index in [0.717, 1.165) is 47.4 Å². The van der Waals surface area contributed by atoms with Crippen molar-refractivity contribution < 1.29 is 9.53 Å². The van der Waals surface area contributed by atoms with Gasteiger partial charge in [0.15, 0.2) is 0 Å². The van der Waals surface area contributed by atoms with Crippen LogP contribution in [0.25, 0.3) is 0 Å². The van der Waals surface area contributed by atoms with Gasteiger partial charge < -0.3 is 9.64 Å². The molecule has 0 radical (unpaired) electrons. The Bertz CT molecular complexity index is 1110. The van der Waals surface area contributed by atoms with Crippen LogP contribution in [0.4, 0.5) is 5.69 Å². The molecule has 1 unspecified atom stereocenters. The number of rotatable bonds is 7. The smallest absolute Gasteiger partial charge is 0.230 e. The maximum atomic E-state index is 13.9. The molecule has 1 heterocycles. The number of ether oxygens (including phenoxy) is 1. The number of amides is 1. The first-order valence-electron chi connectivity index (χ1n) is 11.6. The summed E-state index contributed by atoms with van der Waals surface area (Å²) in [5, 5.41) is 0.608. The number of likely N-dealkylation sites (tertiary alicyclic amines) is 1. The fourth-order valence-corrected chi connectivity index (χ4v) is 5.23. The van der Waals surface area contributed by atoms with Crippen LogP contribution in [0.1, 0.15) is 30.9 Å². The molecule has 1 saturated heterocycles. The maximum Gasteiger partial charge on any atom is 0.230 e. The van der Waals surface area contributed by atoms with E-state index in [4.69, 9.17) is 16.3 Å². The van der Waals surface area contributed by atoms with Gasteiger partial charge in [-0.2, -0.15) is 0 Å². The summed E-state index contributed by atoms with van der Waals surface area (Å²) in [6.45, 7) is 4.52. The third-order valence-electron chi connectivity index (χ3n) is 6.56. The molecular weight excluding hydrogens is 512 g/mol. The third-order valence-corrected chi connectivity index (χ3v) is 7.46. The zero-order valence-corrected chi connectivity index (χ0v) is 21.9. The molecule has 0 bridgehead atoms. The average molecular weight is 542 g/mol. The first-order valence-corrected chi connectivity index (χ1v) is 12.8. The van der Waals surface area contributed by atoms with Crippen LogP contribution < -0.4 is 9.64 Å². The molecule has 178 valence electrons. The Kier molecular flexibility index (Phi) is 8.30. The largest absolute Gasteiger partial charge is 0.497 e. The van der Waals surface area contributed by atoms with Gasteiger partial charge in [-0.1, -0.05) is 54.1 Å². The Labute approximate surface area is 215 Å². The fourth-order valence-electron chi connectivity index (χ4n) is 4.61. The van der Waals surface area contributed by atoms with E-state index in [1.807, 2.05) is 53.4 Å². The average Bonchev–Trinajstić information content (AvgIpc) is 2.86. The number of hydrogen-bond acceptors (Lipinski definition) is 3. The summed E-state index contributed by atoms with van der Waals surface area (Å²) < 4.78 is 6.15. The van der Waals surface area contributed by atoms with Crippen LogP contribution in [0.15, 0.2) is 77.3 Å². The number of carbonyl (C=O) groups is 1. The third kappa shape index (κ3) is 6.01. The summed E-state index contributed by atoms with van der Waals surface area (Å²) in [5.41, 5.74) is 3.14. The number of carbonyl (C=O) groups excluding carboxylic acids is 1. The Morgan fingerprint density at radius 3 is 2.50 bits per heavy atom. The molecule has 0 aromatic heterocycles. The predicted molar refractivity (Wildman–Crippen MR) is 142 cm³/mol. The van der Waals surface area contributed by atoms with Crippen molar-refractivity contribution in [3.63, 3.8) is 0 Å². The minimum Gasteiger partial charge on any atom is -0.497 e. The minimum absolute atomic E-state index is 0.0360. The number of methoxy groups -OCH3 is 1. The predicted octanol–water partition coefficient (Wildman–Crippen LogP) is 6.95. The molecule has 1 aliphatic rings.